The number of rotatable bonds is 2. The summed E-state index contributed by atoms with van der Waals surface area (Å²) >= 11 is 5.50. The van der Waals surface area contributed by atoms with Gasteiger partial charge in [0.25, 0.3) is 0 Å². The zero-order valence-electron chi connectivity index (χ0n) is 7.14. The van der Waals surface area contributed by atoms with Crippen LogP contribution < -0.4 is 10.5 Å². The van der Waals surface area contributed by atoms with E-state index in [2.05, 4.69) is 4.74 Å². The van der Waals surface area contributed by atoms with Gasteiger partial charge in [-0.05, 0) is 6.07 Å². The SMILES string of the molecule is Nc1cc(C=O)c(Cl)cc1OC(F)(F)F. The monoisotopic (exact) mass is 239 g/mol. The number of nitrogen functional groups attached to an aromatic ring is 1. The zero-order valence-corrected chi connectivity index (χ0v) is 7.89. The Kier molecular flexibility index (Phi) is 3.09. The first-order chi connectivity index (χ1) is 6.83. The number of nitrogens with two attached hydrogens (primary N) is 1. The number of carbonyl (C=O) groups excluding carboxylic acids is 1. The van der Waals surface area contributed by atoms with Crippen molar-refractivity contribution in [3.8, 4) is 5.75 Å². The summed E-state index contributed by atoms with van der Waals surface area (Å²) in [6, 6.07) is 1.85. The van der Waals surface area contributed by atoms with E-state index in [0.717, 1.165) is 12.1 Å². The summed E-state index contributed by atoms with van der Waals surface area (Å²) in [4.78, 5) is 10.4. The molecule has 0 aromatic heterocycles. The van der Waals surface area contributed by atoms with E-state index in [1.54, 1.807) is 0 Å². The van der Waals surface area contributed by atoms with E-state index in [-0.39, 0.29) is 16.3 Å². The van der Waals surface area contributed by atoms with Gasteiger partial charge in [-0.15, -0.1) is 13.2 Å². The van der Waals surface area contributed by atoms with Crippen molar-refractivity contribution in [2.24, 2.45) is 0 Å². The molecule has 0 amide bonds. The minimum absolute atomic E-state index is 0.00342. The van der Waals surface area contributed by atoms with Crippen molar-refractivity contribution in [3.63, 3.8) is 0 Å². The first kappa shape index (κ1) is 11.6. The molecule has 0 radical (unpaired) electrons. The summed E-state index contributed by atoms with van der Waals surface area (Å²) in [5, 5.41) is -0.154. The van der Waals surface area contributed by atoms with Crippen molar-refractivity contribution in [2.45, 2.75) is 6.36 Å². The van der Waals surface area contributed by atoms with Gasteiger partial charge in [-0.1, -0.05) is 11.6 Å². The van der Waals surface area contributed by atoms with Crippen molar-refractivity contribution < 1.29 is 22.7 Å². The summed E-state index contributed by atoms with van der Waals surface area (Å²) in [7, 11) is 0. The fraction of sp³-hybridized carbons (Fsp3) is 0.125. The van der Waals surface area contributed by atoms with E-state index in [1.807, 2.05) is 0 Å². The Bertz CT molecular complexity index is 392. The summed E-state index contributed by atoms with van der Waals surface area (Å²) in [5.74, 6) is -0.627. The van der Waals surface area contributed by atoms with Crippen LogP contribution in [0, 0.1) is 0 Å². The van der Waals surface area contributed by atoms with Crippen LogP contribution in [0.25, 0.3) is 0 Å². The van der Waals surface area contributed by atoms with Crippen LogP contribution in [0.5, 0.6) is 5.75 Å². The van der Waals surface area contributed by atoms with E-state index < -0.39 is 12.1 Å². The van der Waals surface area contributed by atoms with Gasteiger partial charge in [-0.3, -0.25) is 4.79 Å². The van der Waals surface area contributed by atoms with Crippen LogP contribution in [0.4, 0.5) is 18.9 Å². The minimum Gasteiger partial charge on any atom is -0.404 e. The molecule has 7 heteroatoms. The minimum atomic E-state index is -4.85. The lowest BCUT2D eigenvalue weighted by molar-refractivity contribution is -0.274. The summed E-state index contributed by atoms with van der Waals surface area (Å²) in [5.41, 5.74) is 4.93. The summed E-state index contributed by atoms with van der Waals surface area (Å²) < 4.78 is 39.1. The van der Waals surface area contributed by atoms with Gasteiger partial charge in [0.1, 0.15) is 0 Å². The van der Waals surface area contributed by atoms with Crippen molar-refractivity contribution in [1.29, 1.82) is 0 Å². The number of hydrogen-bond acceptors (Lipinski definition) is 3. The van der Waals surface area contributed by atoms with Crippen LogP contribution >= 0.6 is 11.6 Å². The molecule has 0 atom stereocenters. The molecule has 0 aliphatic carbocycles. The maximum Gasteiger partial charge on any atom is 0.573 e. The van der Waals surface area contributed by atoms with E-state index in [4.69, 9.17) is 17.3 Å². The Morgan fingerprint density at radius 2 is 2.00 bits per heavy atom. The van der Waals surface area contributed by atoms with Crippen molar-refractivity contribution in [2.75, 3.05) is 5.73 Å². The first-order valence-electron chi connectivity index (χ1n) is 3.63. The second-order valence-electron chi connectivity index (χ2n) is 2.58. The number of alkyl halides is 3. The van der Waals surface area contributed by atoms with Crippen molar-refractivity contribution >= 4 is 23.6 Å². The average molecular weight is 240 g/mol. The number of halogens is 4. The molecular formula is C8H5ClF3NO2. The second-order valence-corrected chi connectivity index (χ2v) is 2.98. The average Bonchev–Trinajstić information content (AvgIpc) is 2.08. The summed E-state index contributed by atoms with van der Waals surface area (Å²) in [6.45, 7) is 0. The highest BCUT2D eigenvalue weighted by Crippen LogP contribution is 2.32. The first-order valence-corrected chi connectivity index (χ1v) is 4.01. The van der Waals surface area contributed by atoms with E-state index >= 15 is 0 Å². The smallest absolute Gasteiger partial charge is 0.404 e. The maximum atomic E-state index is 11.8. The highest BCUT2D eigenvalue weighted by Gasteiger charge is 2.32. The van der Waals surface area contributed by atoms with Crippen LogP contribution in [0.3, 0.4) is 0 Å². The Morgan fingerprint density at radius 1 is 1.40 bits per heavy atom. The Labute approximate surface area is 87.6 Å². The molecule has 0 unspecified atom stereocenters. The molecule has 0 saturated carbocycles. The predicted molar refractivity (Wildman–Crippen MR) is 47.9 cm³/mol. The normalized spacial score (nSPS) is 11.2. The molecule has 15 heavy (non-hydrogen) atoms. The highest BCUT2D eigenvalue weighted by atomic mass is 35.5. The zero-order chi connectivity index (χ0) is 11.6. The number of aldehydes is 1. The fourth-order valence-electron chi connectivity index (χ4n) is 0.893. The third-order valence-electron chi connectivity index (χ3n) is 1.48. The van der Waals surface area contributed by atoms with Crippen LogP contribution in [0.1, 0.15) is 10.4 Å². The van der Waals surface area contributed by atoms with Gasteiger partial charge in [0.2, 0.25) is 0 Å². The largest absolute Gasteiger partial charge is 0.573 e. The molecule has 0 spiro atoms. The third kappa shape index (κ3) is 3.02. The van der Waals surface area contributed by atoms with E-state index in [1.165, 1.54) is 0 Å². The topological polar surface area (TPSA) is 52.3 Å². The lowest BCUT2D eigenvalue weighted by Crippen LogP contribution is -2.18. The Hall–Kier alpha value is -1.43. The number of carbonyl (C=O) groups is 1. The molecule has 0 aliphatic heterocycles. The van der Waals surface area contributed by atoms with Gasteiger partial charge in [-0.2, -0.15) is 0 Å². The third-order valence-corrected chi connectivity index (χ3v) is 1.81. The van der Waals surface area contributed by atoms with Crippen LogP contribution in [0.2, 0.25) is 5.02 Å². The molecule has 1 aromatic carbocycles. The van der Waals surface area contributed by atoms with Crippen molar-refractivity contribution in [1.82, 2.24) is 0 Å². The highest BCUT2D eigenvalue weighted by molar-refractivity contribution is 6.33. The predicted octanol–water partition coefficient (Wildman–Crippen LogP) is 2.63. The van der Waals surface area contributed by atoms with Crippen LogP contribution in [-0.4, -0.2) is 12.6 Å². The van der Waals surface area contributed by atoms with Gasteiger partial charge in [0.05, 0.1) is 10.7 Å². The van der Waals surface area contributed by atoms with Crippen molar-refractivity contribution in [3.05, 3.63) is 22.7 Å². The van der Waals surface area contributed by atoms with Crippen LogP contribution in [-0.2, 0) is 0 Å². The van der Waals surface area contributed by atoms with Gasteiger partial charge >= 0.3 is 6.36 Å². The number of benzene rings is 1. The van der Waals surface area contributed by atoms with Gasteiger partial charge in [-0.25, -0.2) is 0 Å². The van der Waals surface area contributed by atoms with E-state index in [9.17, 15) is 18.0 Å². The van der Waals surface area contributed by atoms with E-state index in [0.29, 0.717) is 6.29 Å². The molecule has 0 heterocycles. The number of ether oxygens (including phenoxy) is 1. The molecule has 0 aliphatic rings. The molecule has 0 saturated heterocycles. The number of anilines is 1. The van der Waals surface area contributed by atoms with Gasteiger partial charge in [0, 0.05) is 11.6 Å². The summed E-state index contributed by atoms with van der Waals surface area (Å²) in [6.07, 6.45) is -4.46. The van der Waals surface area contributed by atoms with Gasteiger partial charge < -0.3 is 10.5 Å². The lowest BCUT2D eigenvalue weighted by Gasteiger charge is -2.11. The van der Waals surface area contributed by atoms with Gasteiger partial charge in [0.15, 0.2) is 12.0 Å². The fourth-order valence-corrected chi connectivity index (χ4v) is 1.09. The molecule has 2 N–H and O–H groups in total. The molecule has 1 rings (SSSR count). The quantitative estimate of drug-likeness (QED) is 0.638. The number of hydrogen-bond donors (Lipinski definition) is 1. The Balaban J connectivity index is 3.11. The Morgan fingerprint density at radius 3 is 2.47 bits per heavy atom. The second kappa shape index (κ2) is 3.98. The van der Waals surface area contributed by atoms with Crippen LogP contribution in [0.15, 0.2) is 12.1 Å². The molecule has 0 bridgehead atoms. The standard InChI is InChI=1S/C8H5ClF3NO2/c9-5-2-7(15-8(10,11)12)6(13)1-4(5)3-14/h1-3H,13H2. The molecule has 82 valence electrons. The molecule has 0 fully saturated rings. The molecule has 3 nitrogen and oxygen atoms in total. The molecular weight excluding hydrogens is 235 g/mol. The maximum absolute atomic E-state index is 11.8. The lowest BCUT2D eigenvalue weighted by atomic mass is 10.2. The molecule has 1 aromatic rings.